The smallest absolute Gasteiger partial charge is 0.246 e. The van der Waals surface area contributed by atoms with Crippen molar-refractivity contribution in [3.63, 3.8) is 0 Å². The van der Waals surface area contributed by atoms with Crippen molar-refractivity contribution in [2.75, 3.05) is 6.61 Å². The minimum Gasteiger partial charge on any atom is -0.460 e. The summed E-state index contributed by atoms with van der Waals surface area (Å²) < 4.78 is 0. The Kier molecular flexibility index (Phi) is 12.6. The van der Waals surface area contributed by atoms with Crippen LogP contribution in [-0.4, -0.2) is 33.4 Å². The van der Waals surface area contributed by atoms with Gasteiger partial charge in [0, 0.05) is 5.54 Å². The molecule has 0 saturated carbocycles. The van der Waals surface area contributed by atoms with E-state index >= 15 is 0 Å². The van der Waals surface area contributed by atoms with Crippen molar-refractivity contribution in [3.8, 4) is 12.2 Å². The van der Waals surface area contributed by atoms with Gasteiger partial charge in [-0.3, -0.25) is 4.79 Å². The fraction of sp³-hybridized carbons (Fsp3) is 0.625. The number of hydrogen-bond acceptors (Lipinski definition) is 5. The molecule has 6 heteroatoms. The molecule has 14 heavy (non-hydrogen) atoms. The van der Waals surface area contributed by atoms with E-state index in [1.165, 1.54) is 12.2 Å². The number of carbonyl (C=O) groups excluding carboxylic acids is 1. The van der Waals surface area contributed by atoms with Crippen LogP contribution in [-0.2, 0) is 4.79 Å². The first-order valence-electron chi connectivity index (χ1n) is 3.57. The Morgan fingerprint density at radius 3 is 1.71 bits per heavy atom. The van der Waals surface area contributed by atoms with Gasteiger partial charge in [-0.25, -0.2) is 0 Å². The summed E-state index contributed by atoms with van der Waals surface area (Å²) in [4.78, 5) is 10.5. The standard InChI is InChI=1S/C6H13NO2.C2H2O2.H3N/c1-6(2,3)7-5(9)4-8;3-1-2-4;/h8H,4H2,1-3H3,(H,7,9);3-4H;1H3. The minimum absolute atomic E-state index is 0. The molecule has 0 heterocycles. The second kappa shape index (κ2) is 9.64. The molecule has 84 valence electrons. The summed E-state index contributed by atoms with van der Waals surface area (Å²) in [6.07, 6.45) is 2.47. The number of hydrogen-bond donors (Lipinski definition) is 5. The quantitative estimate of drug-likeness (QED) is 0.377. The molecule has 0 fully saturated rings. The summed E-state index contributed by atoms with van der Waals surface area (Å²) in [6, 6.07) is 0. The van der Waals surface area contributed by atoms with E-state index in [1.54, 1.807) is 0 Å². The number of rotatable bonds is 1. The van der Waals surface area contributed by atoms with Gasteiger partial charge in [0.05, 0.1) is 0 Å². The largest absolute Gasteiger partial charge is 0.460 e. The Hall–Kier alpha value is -1.45. The van der Waals surface area contributed by atoms with Gasteiger partial charge < -0.3 is 26.8 Å². The molecule has 0 spiro atoms. The molecule has 0 aliphatic carbocycles. The first kappa shape index (κ1) is 18.4. The van der Waals surface area contributed by atoms with Crippen LogP contribution in [0.4, 0.5) is 0 Å². The lowest BCUT2D eigenvalue weighted by Gasteiger charge is -2.19. The average molecular weight is 206 g/mol. The Morgan fingerprint density at radius 2 is 1.64 bits per heavy atom. The number of amides is 1. The summed E-state index contributed by atoms with van der Waals surface area (Å²) in [5.74, 6) is -0.331. The van der Waals surface area contributed by atoms with E-state index in [4.69, 9.17) is 15.3 Å². The molecule has 0 aromatic heterocycles. The predicted molar refractivity (Wildman–Crippen MR) is 51.7 cm³/mol. The van der Waals surface area contributed by atoms with Crippen LogP contribution in [0.25, 0.3) is 0 Å². The van der Waals surface area contributed by atoms with Crippen LogP contribution in [0.2, 0.25) is 0 Å². The molecule has 0 saturated heterocycles. The number of aliphatic hydroxyl groups excluding tert-OH is 3. The van der Waals surface area contributed by atoms with Crippen molar-refractivity contribution >= 4 is 5.91 Å². The van der Waals surface area contributed by atoms with Crippen molar-refractivity contribution in [3.05, 3.63) is 0 Å². The van der Waals surface area contributed by atoms with Crippen LogP contribution in [0.15, 0.2) is 0 Å². The molecule has 0 aromatic carbocycles. The minimum atomic E-state index is -0.433. The summed E-state index contributed by atoms with van der Waals surface area (Å²) in [5, 5.41) is 25.4. The van der Waals surface area contributed by atoms with Crippen LogP contribution in [0.1, 0.15) is 20.8 Å². The lowest BCUT2D eigenvalue weighted by Crippen LogP contribution is -2.41. The van der Waals surface area contributed by atoms with Crippen molar-refractivity contribution in [1.29, 1.82) is 0 Å². The zero-order chi connectivity index (χ0) is 10.9. The third kappa shape index (κ3) is 22.4. The maximum Gasteiger partial charge on any atom is 0.246 e. The molecule has 0 atom stereocenters. The predicted octanol–water partition coefficient (Wildman–Crippen LogP) is -0.295. The monoisotopic (exact) mass is 206 g/mol. The van der Waals surface area contributed by atoms with Gasteiger partial charge in [-0.2, -0.15) is 0 Å². The highest BCUT2D eigenvalue weighted by molar-refractivity contribution is 5.77. The summed E-state index contributed by atoms with van der Waals surface area (Å²) in [5.41, 5.74) is -0.236. The third-order valence-corrected chi connectivity index (χ3v) is 0.708. The maximum atomic E-state index is 10.5. The van der Waals surface area contributed by atoms with Gasteiger partial charge in [0.25, 0.3) is 0 Å². The van der Waals surface area contributed by atoms with E-state index in [1.807, 2.05) is 20.8 Å². The highest BCUT2D eigenvalue weighted by Crippen LogP contribution is 1.96. The molecule has 0 unspecified atom stereocenters. The molecule has 7 N–H and O–H groups in total. The topological polar surface area (TPSA) is 125 Å². The maximum absolute atomic E-state index is 10.5. The molecule has 0 rings (SSSR count). The van der Waals surface area contributed by atoms with E-state index < -0.39 is 6.61 Å². The highest BCUT2D eigenvalue weighted by atomic mass is 16.3. The lowest BCUT2D eigenvalue weighted by molar-refractivity contribution is -0.125. The van der Waals surface area contributed by atoms with Crippen molar-refractivity contribution < 1.29 is 20.1 Å². The van der Waals surface area contributed by atoms with Crippen LogP contribution in [0, 0.1) is 12.2 Å². The number of carbonyl (C=O) groups is 1. The van der Waals surface area contributed by atoms with E-state index in [-0.39, 0.29) is 17.6 Å². The molecule has 6 nitrogen and oxygen atoms in total. The van der Waals surface area contributed by atoms with Crippen LogP contribution in [0.5, 0.6) is 0 Å². The van der Waals surface area contributed by atoms with Gasteiger partial charge in [-0.05, 0) is 20.8 Å². The van der Waals surface area contributed by atoms with Gasteiger partial charge in [0.1, 0.15) is 6.61 Å². The van der Waals surface area contributed by atoms with E-state index in [9.17, 15) is 4.79 Å². The van der Waals surface area contributed by atoms with Crippen LogP contribution >= 0.6 is 0 Å². The van der Waals surface area contributed by atoms with Crippen molar-refractivity contribution in [2.24, 2.45) is 0 Å². The Balaban J connectivity index is -0.000000209. The molecule has 0 aliphatic rings. The van der Waals surface area contributed by atoms with Crippen molar-refractivity contribution in [2.45, 2.75) is 26.3 Å². The third-order valence-electron chi connectivity index (χ3n) is 0.708. The van der Waals surface area contributed by atoms with Crippen molar-refractivity contribution in [1.82, 2.24) is 11.5 Å². The van der Waals surface area contributed by atoms with Crippen LogP contribution < -0.4 is 11.5 Å². The lowest BCUT2D eigenvalue weighted by atomic mass is 10.1. The molecular weight excluding hydrogens is 188 g/mol. The SMILES string of the molecule is CC(C)(C)NC(=O)CO.N.OC#CO. The molecule has 0 bridgehead atoms. The molecule has 1 amide bonds. The number of aliphatic hydroxyl groups is 3. The molecule has 0 radical (unpaired) electrons. The van der Waals surface area contributed by atoms with Crippen LogP contribution in [0.3, 0.4) is 0 Å². The summed E-state index contributed by atoms with van der Waals surface area (Å²) in [6.45, 7) is 5.15. The van der Waals surface area contributed by atoms with Gasteiger partial charge in [-0.15, -0.1) is 0 Å². The van der Waals surface area contributed by atoms with E-state index in [0.717, 1.165) is 0 Å². The zero-order valence-corrected chi connectivity index (χ0v) is 8.66. The Morgan fingerprint density at radius 1 is 1.29 bits per heavy atom. The first-order valence-corrected chi connectivity index (χ1v) is 3.57. The van der Waals surface area contributed by atoms with Gasteiger partial charge in [-0.1, -0.05) is 0 Å². The summed E-state index contributed by atoms with van der Waals surface area (Å²) in [7, 11) is 0. The Bertz CT molecular complexity index is 194. The average Bonchev–Trinajstić information content (AvgIpc) is 2.02. The Labute approximate surface area is 83.5 Å². The first-order chi connectivity index (χ1) is 5.87. The summed E-state index contributed by atoms with van der Waals surface area (Å²) >= 11 is 0. The van der Waals surface area contributed by atoms with Gasteiger partial charge >= 0.3 is 0 Å². The highest BCUT2D eigenvalue weighted by Gasteiger charge is 2.11. The van der Waals surface area contributed by atoms with E-state index in [2.05, 4.69) is 5.32 Å². The fourth-order valence-corrected chi connectivity index (χ4v) is 0.458. The molecule has 0 aromatic rings. The fourth-order valence-electron chi connectivity index (χ4n) is 0.458. The zero-order valence-electron chi connectivity index (χ0n) is 8.66. The molecule has 0 aliphatic heterocycles. The second-order valence-electron chi connectivity index (χ2n) is 3.18. The normalized spacial score (nSPS) is 8.00. The second-order valence-corrected chi connectivity index (χ2v) is 3.18. The van der Waals surface area contributed by atoms with E-state index in [0.29, 0.717) is 0 Å². The number of nitrogens with one attached hydrogen (secondary N) is 1. The molecular formula is C8H18N2O4. The van der Waals surface area contributed by atoms with Gasteiger partial charge in [0.2, 0.25) is 5.91 Å². The van der Waals surface area contributed by atoms with Gasteiger partial charge in [0.15, 0.2) is 12.2 Å².